The minimum absolute atomic E-state index is 0.752. The second kappa shape index (κ2) is 7.62. The van der Waals surface area contributed by atoms with Crippen molar-refractivity contribution >= 4 is 22.2 Å². The van der Waals surface area contributed by atoms with Gasteiger partial charge in [-0.1, -0.05) is 23.3 Å². The van der Waals surface area contributed by atoms with Crippen LogP contribution < -0.4 is 28.1 Å². The fourth-order valence-corrected chi connectivity index (χ4v) is 2.85. The van der Waals surface area contributed by atoms with Crippen molar-refractivity contribution in [2.45, 2.75) is 6.92 Å². The zero-order valence-electron chi connectivity index (χ0n) is 14.0. The van der Waals surface area contributed by atoms with E-state index in [4.69, 9.17) is 28.4 Å². The number of anilines is 1. The largest absolute Gasteiger partial charge is 0.378 e. The maximum absolute atomic E-state index is 8.49. The lowest BCUT2D eigenvalue weighted by atomic mass is 10.2. The SMILES string of the molecule is Cc1n[n+]2ccc3ccccc3c2nc1N1CCOCC1.[O-][Cl+3]([O-])([O-])[O-]. The van der Waals surface area contributed by atoms with Gasteiger partial charge < -0.3 is 9.64 Å². The molecule has 138 valence electrons. The minimum atomic E-state index is -4.94. The number of benzene rings is 1. The molecule has 1 saturated heterocycles. The van der Waals surface area contributed by atoms with Gasteiger partial charge in [0.05, 0.1) is 18.6 Å². The van der Waals surface area contributed by atoms with Crippen LogP contribution in [0.5, 0.6) is 0 Å². The lowest BCUT2D eigenvalue weighted by molar-refractivity contribution is -2.00. The molecule has 0 radical (unpaired) electrons. The molecule has 2 aromatic heterocycles. The minimum Gasteiger partial charge on any atom is -0.378 e. The van der Waals surface area contributed by atoms with Gasteiger partial charge in [-0.2, -0.15) is 0 Å². The van der Waals surface area contributed by atoms with Gasteiger partial charge in [0.25, 0.3) is 5.82 Å². The van der Waals surface area contributed by atoms with E-state index in [2.05, 4.69) is 28.2 Å². The number of pyridine rings is 1. The molecule has 0 spiro atoms. The lowest BCUT2D eigenvalue weighted by Gasteiger charge is -2.25. The Morgan fingerprint density at radius 3 is 2.42 bits per heavy atom. The Morgan fingerprint density at radius 1 is 1.08 bits per heavy atom. The first kappa shape index (κ1) is 18.6. The zero-order valence-corrected chi connectivity index (χ0v) is 14.8. The van der Waals surface area contributed by atoms with Crippen LogP contribution >= 0.6 is 0 Å². The van der Waals surface area contributed by atoms with Gasteiger partial charge >= 0.3 is 5.65 Å². The number of rotatable bonds is 1. The summed E-state index contributed by atoms with van der Waals surface area (Å²) in [5.41, 5.74) is 1.85. The van der Waals surface area contributed by atoms with Crippen molar-refractivity contribution in [3.8, 4) is 0 Å². The van der Waals surface area contributed by atoms with Gasteiger partial charge in [0, 0.05) is 13.1 Å². The summed E-state index contributed by atoms with van der Waals surface area (Å²) in [5.74, 6) is 0.967. The molecule has 3 heterocycles. The summed E-state index contributed by atoms with van der Waals surface area (Å²) in [4.78, 5) is 7.15. The van der Waals surface area contributed by atoms with Gasteiger partial charge in [0.1, 0.15) is 11.9 Å². The zero-order chi connectivity index (χ0) is 18.7. The lowest BCUT2D eigenvalue weighted by Crippen LogP contribution is -2.68. The van der Waals surface area contributed by atoms with Crippen molar-refractivity contribution in [2.24, 2.45) is 0 Å². The second-order valence-corrected chi connectivity index (χ2v) is 6.43. The number of hydrogen-bond acceptors (Lipinski definition) is 8. The summed E-state index contributed by atoms with van der Waals surface area (Å²) in [6.45, 7) is 5.26. The van der Waals surface area contributed by atoms with E-state index in [1.165, 1.54) is 5.39 Å². The Bertz CT molecular complexity index is 906. The molecule has 0 aliphatic carbocycles. The van der Waals surface area contributed by atoms with Crippen molar-refractivity contribution in [2.75, 3.05) is 31.2 Å². The molecule has 1 fully saturated rings. The molecule has 0 saturated carbocycles. The van der Waals surface area contributed by atoms with Crippen LogP contribution in [0.15, 0.2) is 36.5 Å². The van der Waals surface area contributed by atoms with Crippen LogP contribution in [-0.2, 0) is 4.74 Å². The average molecular weight is 381 g/mol. The normalized spacial score (nSPS) is 15.0. The second-order valence-electron chi connectivity index (χ2n) is 5.67. The number of aryl methyl sites for hydroxylation is 1. The monoisotopic (exact) mass is 380 g/mol. The molecule has 9 nitrogen and oxygen atoms in total. The van der Waals surface area contributed by atoms with E-state index >= 15 is 0 Å². The Balaban J connectivity index is 0.000000349. The summed E-state index contributed by atoms with van der Waals surface area (Å²) in [6.07, 6.45) is 1.97. The highest BCUT2D eigenvalue weighted by Gasteiger charge is 2.23. The molecule has 0 atom stereocenters. The molecule has 1 aliphatic heterocycles. The molecule has 4 rings (SSSR count). The molecule has 0 N–H and O–H groups in total. The smallest absolute Gasteiger partial charge is 0.358 e. The van der Waals surface area contributed by atoms with Gasteiger partial charge in [-0.25, -0.2) is 18.6 Å². The summed E-state index contributed by atoms with van der Waals surface area (Å²) >= 11 is 0. The Kier molecular flexibility index (Phi) is 5.47. The summed E-state index contributed by atoms with van der Waals surface area (Å²) in [7, 11) is -4.94. The Morgan fingerprint density at radius 2 is 1.73 bits per heavy atom. The molecule has 0 unspecified atom stereocenters. The summed E-state index contributed by atoms with van der Waals surface area (Å²) in [6, 6.07) is 10.4. The fourth-order valence-electron chi connectivity index (χ4n) is 2.85. The van der Waals surface area contributed by atoms with Crippen LogP contribution in [0.2, 0.25) is 0 Å². The van der Waals surface area contributed by atoms with Crippen molar-refractivity contribution in [3.63, 3.8) is 0 Å². The molecule has 26 heavy (non-hydrogen) atoms. The van der Waals surface area contributed by atoms with E-state index in [9.17, 15) is 0 Å². The van der Waals surface area contributed by atoms with E-state index in [1.807, 2.05) is 29.8 Å². The number of ether oxygens (including phenoxy) is 1. The van der Waals surface area contributed by atoms with Gasteiger partial charge in [-0.3, -0.25) is 0 Å². The van der Waals surface area contributed by atoms with E-state index in [0.29, 0.717) is 0 Å². The third kappa shape index (κ3) is 4.52. The quantitative estimate of drug-likeness (QED) is 0.317. The average Bonchev–Trinajstić information content (AvgIpc) is 2.60. The summed E-state index contributed by atoms with van der Waals surface area (Å²) in [5, 5.41) is 6.98. The van der Waals surface area contributed by atoms with E-state index in [-0.39, 0.29) is 0 Å². The van der Waals surface area contributed by atoms with Crippen molar-refractivity contribution < 1.29 is 38.1 Å². The van der Waals surface area contributed by atoms with E-state index in [1.54, 1.807) is 0 Å². The number of hydrogen-bond donors (Lipinski definition) is 0. The van der Waals surface area contributed by atoms with Gasteiger partial charge in [-0.05, 0) is 29.4 Å². The van der Waals surface area contributed by atoms with Crippen LogP contribution in [0.3, 0.4) is 0 Å². The maximum atomic E-state index is 8.49. The highest BCUT2D eigenvalue weighted by atomic mass is 35.7. The van der Waals surface area contributed by atoms with Crippen LogP contribution in [0.25, 0.3) is 16.4 Å². The first-order chi connectivity index (χ1) is 12.3. The number of morpholine rings is 1. The number of fused-ring (bicyclic) bond motifs is 3. The van der Waals surface area contributed by atoms with Crippen molar-refractivity contribution in [1.29, 1.82) is 0 Å². The van der Waals surface area contributed by atoms with E-state index in [0.717, 1.165) is 48.8 Å². The first-order valence-corrected chi connectivity index (χ1v) is 9.09. The van der Waals surface area contributed by atoms with Gasteiger partial charge in [0.2, 0.25) is 0 Å². The van der Waals surface area contributed by atoms with Crippen LogP contribution in [-0.4, -0.2) is 36.4 Å². The van der Waals surface area contributed by atoms with Crippen molar-refractivity contribution in [1.82, 2.24) is 10.1 Å². The number of nitrogens with zero attached hydrogens (tertiary/aromatic N) is 4. The number of halogens is 1. The topological polar surface area (TPSA) is 135 Å². The maximum Gasteiger partial charge on any atom is 0.358 e. The predicted octanol–water partition coefficient (Wildman–Crippen LogP) is -3.24. The first-order valence-electron chi connectivity index (χ1n) is 7.85. The fraction of sp³-hybridized carbons (Fsp3) is 0.312. The molecule has 10 heteroatoms. The highest BCUT2D eigenvalue weighted by Crippen LogP contribution is 2.20. The van der Waals surface area contributed by atoms with Crippen LogP contribution in [0.1, 0.15) is 5.69 Å². The van der Waals surface area contributed by atoms with Crippen molar-refractivity contribution in [3.05, 3.63) is 42.2 Å². The molecule has 0 bridgehead atoms. The molecule has 3 aromatic rings. The van der Waals surface area contributed by atoms with Crippen LogP contribution in [0.4, 0.5) is 5.82 Å². The third-order valence-corrected chi connectivity index (χ3v) is 3.92. The standard InChI is InChI=1S/C16H17N4O.ClHO4/c1-12-15(19-8-10-21-11-9-19)17-16-14-5-3-2-4-13(14)6-7-20(16)18-12;2-1(3,4)5/h2-7H,8-11H2,1H3;(H,2,3,4,5)/q+1;/p-1. The van der Waals surface area contributed by atoms with Crippen LogP contribution in [0, 0.1) is 17.2 Å². The molecule has 1 aromatic carbocycles. The predicted molar refractivity (Wildman–Crippen MR) is 80.5 cm³/mol. The Hall–Kier alpha value is -2.14. The molecule has 1 aliphatic rings. The third-order valence-electron chi connectivity index (χ3n) is 3.92. The highest BCUT2D eigenvalue weighted by molar-refractivity contribution is 5.91. The molecular formula is C16H17ClN4O5. The number of aromatic nitrogens is 3. The van der Waals surface area contributed by atoms with E-state index < -0.39 is 10.2 Å². The molecule has 0 amide bonds. The Labute approximate surface area is 151 Å². The van der Waals surface area contributed by atoms with Gasteiger partial charge in [-0.15, -0.1) is 14.8 Å². The molecular weight excluding hydrogens is 364 g/mol. The summed E-state index contributed by atoms with van der Waals surface area (Å²) < 4.78 is 41.3. The van der Waals surface area contributed by atoms with Gasteiger partial charge in [0.15, 0.2) is 0 Å².